The van der Waals surface area contributed by atoms with E-state index in [1.807, 2.05) is 23.5 Å². The van der Waals surface area contributed by atoms with Crippen molar-refractivity contribution in [3.05, 3.63) is 36.5 Å². The van der Waals surface area contributed by atoms with Gasteiger partial charge in [-0.3, -0.25) is 9.78 Å². The smallest absolute Gasteiger partial charge is 0.219 e. The third kappa shape index (κ3) is 3.77. The van der Waals surface area contributed by atoms with Crippen molar-refractivity contribution in [3.63, 3.8) is 0 Å². The summed E-state index contributed by atoms with van der Waals surface area (Å²) in [4.78, 5) is 31.5. The van der Waals surface area contributed by atoms with Crippen molar-refractivity contribution >= 4 is 22.6 Å². The van der Waals surface area contributed by atoms with Crippen LogP contribution in [-0.4, -0.2) is 49.4 Å². The molecule has 5 rings (SSSR count). The molecule has 0 spiro atoms. The average Bonchev–Trinajstić information content (AvgIpc) is 3.25. The number of aromatic nitrogens is 4. The lowest BCUT2D eigenvalue weighted by molar-refractivity contribution is -0.130. The maximum atomic E-state index is 12.0. The van der Waals surface area contributed by atoms with Gasteiger partial charge >= 0.3 is 0 Å². The van der Waals surface area contributed by atoms with Crippen LogP contribution in [0.4, 0.5) is 5.82 Å². The van der Waals surface area contributed by atoms with Gasteiger partial charge in [0.2, 0.25) is 5.91 Å². The SMILES string of the molecule is CCC1(Nc2cc(-c3cncc4[nH]ccc34)nc(C3CCCN(C(C)=O)C3)n2)CCC1. The van der Waals surface area contributed by atoms with E-state index in [9.17, 15) is 4.79 Å². The van der Waals surface area contributed by atoms with E-state index in [1.54, 1.807) is 6.92 Å². The Morgan fingerprint density at radius 2 is 2.16 bits per heavy atom. The van der Waals surface area contributed by atoms with Crippen LogP contribution in [0.25, 0.3) is 22.2 Å². The molecule has 0 radical (unpaired) electrons. The van der Waals surface area contributed by atoms with Crippen LogP contribution in [0.1, 0.15) is 64.1 Å². The van der Waals surface area contributed by atoms with Gasteiger partial charge in [-0.25, -0.2) is 9.97 Å². The molecule has 1 aliphatic heterocycles. The molecule has 4 heterocycles. The van der Waals surface area contributed by atoms with Gasteiger partial charge in [-0.1, -0.05) is 6.92 Å². The third-order valence-electron chi connectivity index (χ3n) is 7.11. The summed E-state index contributed by atoms with van der Waals surface area (Å²) >= 11 is 0. The molecule has 1 amide bonds. The molecule has 1 unspecified atom stereocenters. The maximum Gasteiger partial charge on any atom is 0.219 e. The minimum absolute atomic E-state index is 0.125. The molecule has 2 aliphatic rings. The van der Waals surface area contributed by atoms with Crippen LogP contribution in [0.5, 0.6) is 0 Å². The first-order valence-corrected chi connectivity index (χ1v) is 11.4. The topological polar surface area (TPSA) is 86.8 Å². The van der Waals surface area contributed by atoms with Gasteiger partial charge in [0.1, 0.15) is 11.6 Å². The Balaban J connectivity index is 1.57. The second kappa shape index (κ2) is 7.94. The minimum Gasteiger partial charge on any atom is -0.365 e. The number of nitrogens with one attached hydrogen (secondary N) is 2. The Bertz CT molecular complexity index is 1100. The molecule has 1 aliphatic carbocycles. The normalized spacial score (nSPS) is 20.5. The number of carbonyl (C=O) groups excluding carboxylic acids is 1. The molecule has 1 atom stereocenters. The zero-order valence-corrected chi connectivity index (χ0v) is 18.3. The summed E-state index contributed by atoms with van der Waals surface area (Å²) < 4.78 is 0. The largest absolute Gasteiger partial charge is 0.365 e. The van der Waals surface area contributed by atoms with Crippen molar-refractivity contribution in [1.29, 1.82) is 0 Å². The van der Waals surface area contributed by atoms with Gasteiger partial charge in [-0.15, -0.1) is 0 Å². The number of nitrogens with zero attached hydrogens (tertiary/aromatic N) is 4. The number of fused-ring (bicyclic) bond motifs is 1. The molecule has 1 saturated heterocycles. The minimum atomic E-state index is 0.125. The van der Waals surface area contributed by atoms with Gasteiger partial charge in [0.05, 0.1) is 17.4 Å². The molecule has 31 heavy (non-hydrogen) atoms. The molecule has 0 bridgehead atoms. The van der Waals surface area contributed by atoms with Gasteiger partial charge in [-0.05, 0) is 44.6 Å². The molecule has 2 N–H and O–H groups in total. The predicted octanol–water partition coefficient (Wildman–Crippen LogP) is 4.49. The lowest BCUT2D eigenvalue weighted by Crippen LogP contribution is -2.44. The van der Waals surface area contributed by atoms with E-state index in [4.69, 9.17) is 9.97 Å². The van der Waals surface area contributed by atoms with E-state index < -0.39 is 0 Å². The highest BCUT2D eigenvalue weighted by Crippen LogP contribution is 2.39. The van der Waals surface area contributed by atoms with E-state index in [2.05, 4.69) is 34.3 Å². The monoisotopic (exact) mass is 418 g/mol. The van der Waals surface area contributed by atoms with E-state index >= 15 is 0 Å². The Morgan fingerprint density at radius 3 is 2.90 bits per heavy atom. The Morgan fingerprint density at radius 1 is 1.29 bits per heavy atom. The van der Waals surface area contributed by atoms with Crippen molar-refractivity contribution in [2.24, 2.45) is 0 Å². The van der Waals surface area contributed by atoms with Gasteiger partial charge < -0.3 is 15.2 Å². The van der Waals surface area contributed by atoms with Gasteiger partial charge in [0, 0.05) is 60.9 Å². The van der Waals surface area contributed by atoms with E-state index in [0.29, 0.717) is 6.54 Å². The van der Waals surface area contributed by atoms with Crippen LogP contribution < -0.4 is 5.32 Å². The summed E-state index contributed by atoms with van der Waals surface area (Å²) in [6.45, 7) is 5.39. The molecule has 0 aromatic carbocycles. The molecular formula is C24H30N6O. The Kier molecular flexibility index (Phi) is 5.12. The summed E-state index contributed by atoms with van der Waals surface area (Å²) in [6, 6.07) is 4.13. The standard InChI is InChI=1S/C24H30N6O/c1-3-24(8-5-9-24)29-22-12-20(19-13-25-14-21-18(19)7-10-26-21)27-23(28-22)17-6-4-11-30(15-17)16(2)31/h7,10,12-14,17,26H,3-6,8-9,11,15H2,1-2H3,(H,27,28,29). The summed E-state index contributed by atoms with van der Waals surface area (Å²) in [6.07, 6.45) is 12.3. The van der Waals surface area contributed by atoms with Crippen molar-refractivity contribution < 1.29 is 4.79 Å². The number of carbonyl (C=O) groups is 1. The number of hydrogen-bond acceptors (Lipinski definition) is 5. The van der Waals surface area contributed by atoms with Gasteiger partial charge in [0.15, 0.2) is 0 Å². The van der Waals surface area contributed by atoms with Crippen LogP contribution in [-0.2, 0) is 4.79 Å². The predicted molar refractivity (Wildman–Crippen MR) is 122 cm³/mol. The molecule has 3 aromatic rings. The zero-order chi connectivity index (χ0) is 21.4. The molecular weight excluding hydrogens is 388 g/mol. The fraction of sp³-hybridized carbons (Fsp3) is 0.500. The summed E-state index contributed by atoms with van der Waals surface area (Å²) in [5.41, 5.74) is 3.02. The number of likely N-dealkylation sites (tertiary alicyclic amines) is 1. The summed E-state index contributed by atoms with van der Waals surface area (Å²) in [5, 5.41) is 4.85. The summed E-state index contributed by atoms with van der Waals surface area (Å²) in [7, 11) is 0. The highest BCUT2D eigenvalue weighted by Gasteiger charge is 2.35. The first-order valence-electron chi connectivity index (χ1n) is 11.4. The van der Waals surface area contributed by atoms with E-state index in [1.165, 1.54) is 19.3 Å². The molecule has 3 aromatic heterocycles. The average molecular weight is 419 g/mol. The fourth-order valence-electron chi connectivity index (χ4n) is 4.95. The number of hydrogen-bond donors (Lipinski definition) is 2. The Hall–Kier alpha value is -2.96. The number of amides is 1. The van der Waals surface area contributed by atoms with Gasteiger partial charge in [0.25, 0.3) is 0 Å². The van der Waals surface area contributed by atoms with Crippen LogP contribution >= 0.6 is 0 Å². The maximum absolute atomic E-state index is 12.0. The number of pyridine rings is 1. The van der Waals surface area contributed by atoms with Crippen molar-refractivity contribution in [3.8, 4) is 11.3 Å². The quantitative estimate of drug-likeness (QED) is 0.637. The number of piperidine rings is 1. The van der Waals surface area contributed by atoms with Crippen molar-refractivity contribution in [1.82, 2.24) is 24.8 Å². The molecule has 2 fully saturated rings. The molecule has 7 heteroatoms. The van der Waals surface area contributed by atoms with Gasteiger partial charge in [-0.2, -0.15) is 0 Å². The Labute approximate surface area is 182 Å². The number of aromatic amines is 1. The third-order valence-corrected chi connectivity index (χ3v) is 7.11. The van der Waals surface area contributed by atoms with E-state index in [-0.39, 0.29) is 17.4 Å². The number of rotatable bonds is 5. The molecule has 7 nitrogen and oxygen atoms in total. The highest BCUT2D eigenvalue weighted by atomic mass is 16.2. The second-order valence-electron chi connectivity index (χ2n) is 9.04. The van der Waals surface area contributed by atoms with E-state index in [0.717, 1.165) is 59.6 Å². The first-order chi connectivity index (χ1) is 15.1. The molecule has 1 saturated carbocycles. The van der Waals surface area contributed by atoms with Crippen LogP contribution in [0.2, 0.25) is 0 Å². The fourth-order valence-corrected chi connectivity index (χ4v) is 4.95. The first kappa shape index (κ1) is 20.0. The lowest BCUT2D eigenvalue weighted by Gasteiger charge is -2.42. The number of anilines is 1. The summed E-state index contributed by atoms with van der Waals surface area (Å²) in [5.74, 6) is 1.98. The van der Waals surface area contributed by atoms with Crippen molar-refractivity contribution in [2.75, 3.05) is 18.4 Å². The highest BCUT2D eigenvalue weighted by molar-refractivity contribution is 5.93. The number of H-pyrrole nitrogens is 1. The van der Waals surface area contributed by atoms with Crippen LogP contribution in [0, 0.1) is 0 Å². The lowest BCUT2D eigenvalue weighted by atomic mass is 9.75. The van der Waals surface area contributed by atoms with Crippen LogP contribution in [0.3, 0.4) is 0 Å². The van der Waals surface area contributed by atoms with Crippen LogP contribution in [0.15, 0.2) is 30.7 Å². The van der Waals surface area contributed by atoms with Crippen molar-refractivity contribution in [2.45, 2.75) is 63.8 Å². The molecule has 162 valence electrons. The zero-order valence-electron chi connectivity index (χ0n) is 18.3. The second-order valence-corrected chi connectivity index (χ2v) is 9.04.